The summed E-state index contributed by atoms with van der Waals surface area (Å²) in [6.07, 6.45) is -3.28. The predicted molar refractivity (Wildman–Crippen MR) is 108 cm³/mol. The van der Waals surface area contributed by atoms with E-state index < -0.39 is 11.7 Å². The number of hydrogen-bond donors (Lipinski definition) is 0. The second-order valence-electron chi connectivity index (χ2n) is 6.54. The second kappa shape index (κ2) is 10.5. The first-order valence-electron chi connectivity index (χ1n) is 8.80. The molecule has 0 saturated carbocycles. The number of fused-ring (bicyclic) bond motifs is 1. The van der Waals surface area contributed by atoms with Crippen LogP contribution < -0.4 is 0 Å². The molecule has 0 aliphatic heterocycles. The van der Waals surface area contributed by atoms with Crippen LogP contribution in [0.3, 0.4) is 0 Å². The number of nitrogens with zero attached hydrogens (tertiary/aromatic N) is 3. The van der Waals surface area contributed by atoms with Gasteiger partial charge in [0.05, 0.1) is 16.8 Å². The maximum atomic E-state index is 13.1. The maximum absolute atomic E-state index is 13.1. The Morgan fingerprint density at radius 2 is 1.77 bits per heavy atom. The topological polar surface area (TPSA) is 55.2 Å². The summed E-state index contributed by atoms with van der Waals surface area (Å²) in [6.45, 7) is 7.01. The molecule has 0 spiro atoms. The van der Waals surface area contributed by atoms with E-state index in [1.807, 2.05) is 26.0 Å². The van der Waals surface area contributed by atoms with Crippen molar-refractivity contribution in [1.29, 1.82) is 0 Å². The van der Waals surface area contributed by atoms with Crippen LogP contribution in [0.2, 0.25) is 0 Å². The van der Waals surface area contributed by atoms with Gasteiger partial charge >= 0.3 is 26.0 Å². The molecule has 0 bridgehead atoms. The first-order chi connectivity index (χ1) is 13.5. The van der Waals surface area contributed by atoms with Crippen LogP contribution in [-0.2, 0) is 30.8 Å². The molecule has 0 fully saturated rings. The molecule has 0 N–H and O–H groups in total. The molecule has 1 radical (unpaired) electrons. The molecule has 30 heavy (non-hydrogen) atoms. The van der Waals surface area contributed by atoms with Gasteiger partial charge in [-0.2, -0.15) is 13.2 Å². The first kappa shape index (κ1) is 25.6. The van der Waals surface area contributed by atoms with Crippen molar-refractivity contribution in [2.24, 2.45) is 4.99 Å². The van der Waals surface area contributed by atoms with Crippen LogP contribution in [0.25, 0.3) is 22.2 Å². The Kier molecular flexibility index (Phi) is 8.99. The van der Waals surface area contributed by atoms with Crippen molar-refractivity contribution in [3.05, 3.63) is 59.4 Å². The molecule has 3 aromatic rings. The summed E-state index contributed by atoms with van der Waals surface area (Å²) in [7, 11) is 1.61. The van der Waals surface area contributed by atoms with E-state index in [1.165, 1.54) is 19.3 Å². The predicted octanol–water partition coefficient (Wildman–Crippen LogP) is 5.40. The number of para-hydroxylation sites is 1. The Morgan fingerprint density at radius 1 is 1.10 bits per heavy atom. The van der Waals surface area contributed by atoms with Crippen molar-refractivity contribution in [3.63, 3.8) is 0 Å². The molecule has 0 unspecified atom stereocenters. The van der Waals surface area contributed by atoms with Crippen LogP contribution in [0.15, 0.2) is 41.7 Å². The molecular weight excluding hydrogens is 569 g/mol. The zero-order chi connectivity index (χ0) is 21.8. The minimum atomic E-state index is -4.45. The van der Waals surface area contributed by atoms with Gasteiger partial charge < -0.3 is 0 Å². The van der Waals surface area contributed by atoms with Crippen LogP contribution in [0, 0.1) is 19.9 Å². The summed E-state index contributed by atoms with van der Waals surface area (Å²) in [5.74, 6) is 0.0440. The Balaban J connectivity index is 0.000000489. The van der Waals surface area contributed by atoms with Crippen LogP contribution in [0.1, 0.15) is 30.5 Å². The summed E-state index contributed by atoms with van der Waals surface area (Å²) in [5.41, 5.74) is 2.79. The summed E-state index contributed by atoms with van der Waals surface area (Å²) in [5, 5.41) is 0.374. The molecule has 0 aliphatic rings. The van der Waals surface area contributed by atoms with Gasteiger partial charge in [0.25, 0.3) is 0 Å². The Hall–Kier alpha value is -2.45. The molecule has 8 heteroatoms. The average Bonchev–Trinajstić information content (AvgIpc) is 2.65. The first-order valence-corrected chi connectivity index (χ1v) is 8.80. The van der Waals surface area contributed by atoms with E-state index >= 15 is 0 Å². The number of carbonyl (C=O) groups is 1. The van der Waals surface area contributed by atoms with Gasteiger partial charge in [-0.05, 0) is 24.1 Å². The van der Waals surface area contributed by atoms with Gasteiger partial charge in [0.2, 0.25) is 0 Å². The fraction of sp³-hybridized carbons (Fsp3) is 0.273. The molecule has 159 valence electrons. The van der Waals surface area contributed by atoms with Crippen molar-refractivity contribution < 1.29 is 37.8 Å². The fourth-order valence-electron chi connectivity index (χ4n) is 2.71. The van der Waals surface area contributed by atoms with Crippen LogP contribution >= 0.6 is 0 Å². The van der Waals surface area contributed by atoms with Crippen molar-refractivity contribution in [3.8, 4) is 11.3 Å². The van der Waals surface area contributed by atoms with Crippen molar-refractivity contribution in [2.75, 3.05) is 7.05 Å². The third-order valence-corrected chi connectivity index (χ3v) is 4.22. The zero-order valence-corrected chi connectivity index (χ0v) is 19.7. The van der Waals surface area contributed by atoms with Gasteiger partial charge in [-0.3, -0.25) is 14.8 Å². The minimum absolute atomic E-state index is 0. The third-order valence-electron chi connectivity index (χ3n) is 4.22. The Morgan fingerprint density at radius 3 is 2.27 bits per heavy atom. The van der Waals surface area contributed by atoms with E-state index in [-0.39, 0.29) is 31.1 Å². The van der Waals surface area contributed by atoms with E-state index in [9.17, 15) is 18.0 Å². The molecule has 3 rings (SSSR count). The number of alkyl halides is 3. The van der Waals surface area contributed by atoms with Crippen LogP contribution in [-0.4, -0.2) is 28.5 Å². The molecular formula is C22H21F3N3OOs. The van der Waals surface area contributed by atoms with E-state index in [0.29, 0.717) is 22.4 Å². The average molecular weight is 591 g/mol. The number of halogens is 3. The number of benzene rings is 2. The van der Waals surface area contributed by atoms with Gasteiger partial charge in [0.1, 0.15) is 6.33 Å². The third kappa shape index (κ3) is 6.27. The number of rotatable bonds is 2. The Bertz CT molecular complexity index is 1060. The summed E-state index contributed by atoms with van der Waals surface area (Å²) >= 11 is 0. The minimum Gasteiger partial charge on any atom is -0.293 e. The van der Waals surface area contributed by atoms with E-state index in [0.717, 1.165) is 17.2 Å². The maximum Gasteiger partial charge on any atom is 1.00 e. The molecule has 0 aliphatic carbocycles. The summed E-state index contributed by atoms with van der Waals surface area (Å²) < 4.78 is 39.3. The SMILES string of the molecule is CN=C(C)C(C)=O.Cc1[c-]c(-c2ncnc3c(C(F)(F)F)cccc23)cc(C)c1.[Os+]. The summed E-state index contributed by atoms with van der Waals surface area (Å²) in [6, 6.07) is 11.0. The number of carbonyl (C=O) groups excluding carboxylic acids is 1. The number of aryl methyl sites for hydroxylation is 2. The number of aromatic nitrogens is 2. The summed E-state index contributed by atoms with van der Waals surface area (Å²) in [4.78, 5) is 21.9. The largest absolute Gasteiger partial charge is 1.00 e. The number of aliphatic imine (C=N–C) groups is 1. The Labute approximate surface area is 186 Å². The second-order valence-corrected chi connectivity index (χ2v) is 6.54. The van der Waals surface area contributed by atoms with E-state index in [1.54, 1.807) is 20.0 Å². The quantitative estimate of drug-likeness (QED) is 0.297. The van der Waals surface area contributed by atoms with Gasteiger partial charge in [-0.25, -0.2) is 4.98 Å². The van der Waals surface area contributed by atoms with Crippen LogP contribution in [0.5, 0.6) is 0 Å². The molecule has 0 saturated heterocycles. The fourth-order valence-corrected chi connectivity index (χ4v) is 2.71. The smallest absolute Gasteiger partial charge is 0.293 e. The van der Waals surface area contributed by atoms with Gasteiger partial charge in [0.15, 0.2) is 5.78 Å². The van der Waals surface area contributed by atoms with Crippen molar-refractivity contribution in [2.45, 2.75) is 33.9 Å². The zero-order valence-electron chi connectivity index (χ0n) is 17.2. The number of Topliss-reactive ketones (excluding diaryl/α,β-unsaturated/α-hetero) is 1. The van der Waals surface area contributed by atoms with Crippen molar-refractivity contribution >= 4 is 22.4 Å². The monoisotopic (exact) mass is 592 g/mol. The van der Waals surface area contributed by atoms with Gasteiger partial charge in [0, 0.05) is 14.0 Å². The van der Waals surface area contributed by atoms with Gasteiger partial charge in [-0.1, -0.05) is 26.0 Å². The van der Waals surface area contributed by atoms with E-state index in [4.69, 9.17) is 0 Å². The molecule has 0 atom stereocenters. The van der Waals surface area contributed by atoms with Crippen molar-refractivity contribution in [1.82, 2.24) is 9.97 Å². The molecule has 1 aromatic heterocycles. The van der Waals surface area contributed by atoms with Crippen LogP contribution in [0.4, 0.5) is 13.2 Å². The van der Waals surface area contributed by atoms with E-state index in [2.05, 4.69) is 21.0 Å². The normalized spacial score (nSPS) is 11.4. The molecule has 0 amide bonds. The number of ketones is 1. The molecule has 2 aromatic carbocycles. The number of hydrogen-bond acceptors (Lipinski definition) is 4. The molecule has 1 heterocycles. The van der Waals surface area contributed by atoms with Gasteiger partial charge in [-0.15, -0.1) is 34.9 Å². The molecule has 4 nitrogen and oxygen atoms in total. The standard InChI is InChI=1S/C17H12F3N2.C5H9NO.Os/c1-10-6-11(2)8-12(7-10)15-13-4-3-5-14(17(18,19)20)16(13)22-9-21-15;1-4(6-3)5(2)7;/h3-7,9H,1-2H3;1-3H3;/q-1;;+1.